The van der Waals surface area contributed by atoms with E-state index in [4.69, 9.17) is 14.2 Å². The van der Waals surface area contributed by atoms with E-state index in [-0.39, 0.29) is 24.2 Å². The molecular weight excluding hydrogens is 502 g/mol. The van der Waals surface area contributed by atoms with Crippen LogP contribution in [-0.2, 0) is 9.53 Å². The van der Waals surface area contributed by atoms with Gasteiger partial charge in [0.1, 0.15) is 5.82 Å². The van der Waals surface area contributed by atoms with Crippen LogP contribution < -0.4 is 15.0 Å². The van der Waals surface area contributed by atoms with Gasteiger partial charge in [0.05, 0.1) is 29.8 Å². The van der Waals surface area contributed by atoms with Crippen molar-refractivity contribution >= 4 is 39.0 Å². The molecule has 0 aliphatic rings. The lowest BCUT2D eigenvalue weighted by Crippen LogP contribution is -2.23. The number of nitrogens with zero attached hydrogens (tertiary/aromatic N) is 3. The molecule has 0 bridgehead atoms. The minimum absolute atomic E-state index is 0.0155. The van der Waals surface area contributed by atoms with Crippen molar-refractivity contribution in [2.45, 2.75) is 46.6 Å². The van der Waals surface area contributed by atoms with Crippen LogP contribution in [0.25, 0.3) is 10.9 Å². The number of rotatable bonds is 9. The summed E-state index contributed by atoms with van der Waals surface area (Å²) in [5.74, 6) is 0.958. The van der Waals surface area contributed by atoms with Crippen molar-refractivity contribution in [3.63, 3.8) is 0 Å². The Morgan fingerprint density at radius 3 is 2.56 bits per heavy atom. The summed E-state index contributed by atoms with van der Waals surface area (Å²) in [5.41, 5.74) is 1.07. The number of aromatic nitrogens is 2. The van der Waals surface area contributed by atoms with Gasteiger partial charge in [-0.2, -0.15) is 9.78 Å². The van der Waals surface area contributed by atoms with Gasteiger partial charge in [-0.3, -0.25) is 4.79 Å². The van der Waals surface area contributed by atoms with Crippen LogP contribution in [0.2, 0.25) is 0 Å². The molecule has 0 atom stereocenters. The smallest absolute Gasteiger partial charge is 0.344 e. The summed E-state index contributed by atoms with van der Waals surface area (Å²) < 4.78 is 18.5. The standard InChI is InChI=1S/C25H28BrN3O5/c1-6-32-22-11-17(7-10-21(22)33-14-23(30)34-16(4)5)13-27-29-24(15(2)3)28-20-9-8-18(26)12-19(20)25(29)31/h7-13,15-16H,6,14H2,1-5H3. The first-order valence-electron chi connectivity index (χ1n) is 11.0. The number of hydrogen-bond donors (Lipinski definition) is 0. The predicted molar refractivity (Wildman–Crippen MR) is 135 cm³/mol. The van der Waals surface area contributed by atoms with Crippen LogP contribution in [0.3, 0.4) is 0 Å². The van der Waals surface area contributed by atoms with Gasteiger partial charge in [-0.25, -0.2) is 9.78 Å². The SMILES string of the molecule is CCOc1cc(C=Nn2c(C(C)C)nc3ccc(Br)cc3c2=O)ccc1OCC(=O)OC(C)C. The van der Waals surface area contributed by atoms with Gasteiger partial charge < -0.3 is 14.2 Å². The number of carbonyl (C=O) groups is 1. The summed E-state index contributed by atoms with van der Waals surface area (Å²) in [6.45, 7) is 9.51. The van der Waals surface area contributed by atoms with Crippen molar-refractivity contribution in [3.8, 4) is 11.5 Å². The van der Waals surface area contributed by atoms with Gasteiger partial charge in [0.15, 0.2) is 18.1 Å². The zero-order valence-corrected chi connectivity index (χ0v) is 21.5. The van der Waals surface area contributed by atoms with Crippen LogP contribution in [0.15, 0.2) is 50.8 Å². The van der Waals surface area contributed by atoms with Crippen LogP contribution in [0.1, 0.15) is 51.9 Å². The lowest BCUT2D eigenvalue weighted by atomic mass is 10.2. The summed E-state index contributed by atoms with van der Waals surface area (Å²) in [7, 11) is 0. The lowest BCUT2D eigenvalue weighted by molar-refractivity contribution is -0.149. The van der Waals surface area contributed by atoms with Crippen LogP contribution in [0, 0.1) is 0 Å². The highest BCUT2D eigenvalue weighted by Gasteiger charge is 2.14. The van der Waals surface area contributed by atoms with Crippen molar-refractivity contribution in [1.29, 1.82) is 0 Å². The number of esters is 1. The first-order valence-corrected chi connectivity index (χ1v) is 11.8. The fraction of sp³-hybridized carbons (Fsp3) is 0.360. The highest BCUT2D eigenvalue weighted by atomic mass is 79.9. The molecule has 0 spiro atoms. The van der Waals surface area contributed by atoms with Crippen molar-refractivity contribution in [1.82, 2.24) is 9.66 Å². The van der Waals surface area contributed by atoms with Gasteiger partial charge in [-0.05, 0) is 62.7 Å². The van der Waals surface area contributed by atoms with Crippen LogP contribution in [0.4, 0.5) is 0 Å². The maximum atomic E-state index is 13.2. The molecule has 1 heterocycles. The predicted octanol–water partition coefficient (Wildman–Crippen LogP) is 4.89. The molecule has 2 aromatic carbocycles. The van der Waals surface area contributed by atoms with Crippen molar-refractivity contribution in [3.05, 3.63) is 62.6 Å². The Kier molecular flexibility index (Phi) is 8.44. The lowest BCUT2D eigenvalue weighted by Gasteiger charge is -2.14. The molecule has 0 aliphatic carbocycles. The van der Waals surface area contributed by atoms with E-state index in [2.05, 4.69) is 26.0 Å². The van der Waals surface area contributed by atoms with E-state index in [9.17, 15) is 9.59 Å². The van der Waals surface area contributed by atoms with E-state index in [1.54, 1.807) is 44.3 Å². The average Bonchev–Trinajstić information content (AvgIpc) is 2.77. The van der Waals surface area contributed by atoms with Gasteiger partial charge >= 0.3 is 5.97 Å². The minimum atomic E-state index is -0.459. The first-order chi connectivity index (χ1) is 16.2. The molecule has 3 rings (SSSR count). The molecule has 8 nitrogen and oxygen atoms in total. The van der Waals surface area contributed by atoms with Crippen LogP contribution >= 0.6 is 15.9 Å². The molecule has 0 saturated carbocycles. The summed E-state index contributed by atoms with van der Waals surface area (Å²) >= 11 is 3.41. The second-order valence-electron chi connectivity index (χ2n) is 8.11. The maximum absolute atomic E-state index is 13.2. The Morgan fingerprint density at radius 1 is 1.12 bits per heavy atom. The van der Waals surface area contributed by atoms with Crippen LogP contribution in [0.5, 0.6) is 11.5 Å². The fourth-order valence-corrected chi connectivity index (χ4v) is 3.56. The van der Waals surface area contributed by atoms with E-state index in [0.717, 1.165) is 4.47 Å². The van der Waals surface area contributed by atoms with Gasteiger partial charge in [0.25, 0.3) is 5.56 Å². The molecular formula is C25H28BrN3O5. The number of fused-ring (bicyclic) bond motifs is 1. The molecule has 0 fully saturated rings. The third kappa shape index (κ3) is 6.22. The number of ether oxygens (including phenoxy) is 3. The molecule has 1 aromatic heterocycles. The topological polar surface area (TPSA) is 92.0 Å². The molecule has 0 aliphatic heterocycles. The maximum Gasteiger partial charge on any atom is 0.344 e. The van der Waals surface area contributed by atoms with Crippen LogP contribution in [-0.4, -0.2) is 41.2 Å². The van der Waals surface area contributed by atoms with Crippen molar-refractivity contribution < 1.29 is 19.0 Å². The van der Waals surface area contributed by atoms with Crippen molar-refractivity contribution in [2.24, 2.45) is 5.10 Å². The zero-order valence-electron chi connectivity index (χ0n) is 19.9. The van der Waals surface area contributed by atoms with E-state index < -0.39 is 5.97 Å². The zero-order chi connectivity index (χ0) is 24.8. The number of benzene rings is 2. The van der Waals surface area contributed by atoms with E-state index in [1.165, 1.54) is 4.68 Å². The highest BCUT2D eigenvalue weighted by molar-refractivity contribution is 9.10. The Labute approximate surface area is 206 Å². The average molecular weight is 530 g/mol. The number of carbonyl (C=O) groups excluding carboxylic acids is 1. The van der Waals surface area contributed by atoms with Gasteiger partial charge in [-0.1, -0.05) is 29.8 Å². The molecule has 0 radical (unpaired) electrons. The quantitative estimate of drug-likeness (QED) is 0.289. The van der Waals surface area contributed by atoms with E-state index in [0.29, 0.717) is 40.4 Å². The normalized spacial score (nSPS) is 11.5. The largest absolute Gasteiger partial charge is 0.490 e. The summed E-state index contributed by atoms with van der Waals surface area (Å²) in [5, 5.41) is 4.92. The molecule has 3 aromatic rings. The van der Waals surface area contributed by atoms with Gasteiger partial charge in [0, 0.05) is 10.4 Å². The summed E-state index contributed by atoms with van der Waals surface area (Å²) in [6, 6.07) is 10.6. The van der Waals surface area contributed by atoms with Gasteiger partial charge in [0.2, 0.25) is 0 Å². The number of halogens is 1. The second kappa shape index (κ2) is 11.3. The molecule has 9 heteroatoms. The summed E-state index contributed by atoms with van der Waals surface area (Å²) in [4.78, 5) is 29.6. The second-order valence-corrected chi connectivity index (χ2v) is 9.03. The Hall–Kier alpha value is -3.20. The molecule has 0 N–H and O–H groups in total. The molecule has 180 valence electrons. The number of hydrogen-bond acceptors (Lipinski definition) is 7. The Balaban J connectivity index is 1.93. The summed E-state index contributed by atoms with van der Waals surface area (Å²) in [6.07, 6.45) is 1.35. The monoisotopic (exact) mass is 529 g/mol. The van der Waals surface area contributed by atoms with Gasteiger partial charge in [-0.15, -0.1) is 0 Å². The Morgan fingerprint density at radius 2 is 1.88 bits per heavy atom. The minimum Gasteiger partial charge on any atom is -0.490 e. The Bertz CT molecular complexity index is 1270. The highest BCUT2D eigenvalue weighted by Crippen LogP contribution is 2.28. The molecule has 34 heavy (non-hydrogen) atoms. The molecule has 0 unspecified atom stereocenters. The van der Waals surface area contributed by atoms with E-state index >= 15 is 0 Å². The molecule has 0 amide bonds. The molecule has 0 saturated heterocycles. The first kappa shape index (κ1) is 25.4. The third-order valence-electron chi connectivity index (χ3n) is 4.65. The van der Waals surface area contributed by atoms with Crippen molar-refractivity contribution in [2.75, 3.05) is 13.2 Å². The fourth-order valence-electron chi connectivity index (χ4n) is 3.20. The van der Waals surface area contributed by atoms with E-state index in [1.807, 2.05) is 32.9 Å². The third-order valence-corrected chi connectivity index (χ3v) is 5.15.